The molecule has 0 radical (unpaired) electrons. The maximum Gasteiger partial charge on any atom is 0.416 e. The Bertz CT molecular complexity index is 584. The third-order valence-electron chi connectivity index (χ3n) is 3.06. The standard InChI is InChI=1S/C15H14ClF3S/c1-9-7-10(2)20-14(9)13(16)8-11-3-5-12(6-4-11)15(17,18)19/h3-7,13H,8H2,1-2H3. The molecule has 1 aromatic carbocycles. The number of hydrogen-bond donors (Lipinski definition) is 0. The van der Waals surface area contributed by atoms with Crippen LogP contribution in [0.5, 0.6) is 0 Å². The minimum Gasteiger partial charge on any atom is -0.166 e. The highest BCUT2D eigenvalue weighted by Gasteiger charge is 2.30. The Balaban J connectivity index is 2.12. The molecule has 20 heavy (non-hydrogen) atoms. The van der Waals surface area contributed by atoms with E-state index >= 15 is 0 Å². The van der Waals surface area contributed by atoms with Crippen LogP contribution in [0.2, 0.25) is 0 Å². The fourth-order valence-corrected chi connectivity index (χ4v) is 3.60. The third kappa shape index (κ3) is 3.55. The van der Waals surface area contributed by atoms with Crippen molar-refractivity contribution in [3.8, 4) is 0 Å². The van der Waals surface area contributed by atoms with Crippen LogP contribution in [-0.4, -0.2) is 0 Å². The lowest BCUT2D eigenvalue weighted by atomic mass is 10.0. The van der Waals surface area contributed by atoms with Gasteiger partial charge in [0.2, 0.25) is 0 Å². The summed E-state index contributed by atoms with van der Waals surface area (Å²) in [5.41, 5.74) is 1.32. The summed E-state index contributed by atoms with van der Waals surface area (Å²) in [6.07, 6.45) is -3.76. The molecule has 0 spiro atoms. The molecule has 0 aliphatic rings. The van der Waals surface area contributed by atoms with Crippen LogP contribution >= 0.6 is 22.9 Å². The second kappa shape index (κ2) is 5.78. The van der Waals surface area contributed by atoms with Crippen molar-refractivity contribution in [3.63, 3.8) is 0 Å². The molecule has 1 atom stereocenters. The zero-order valence-electron chi connectivity index (χ0n) is 11.1. The van der Waals surface area contributed by atoms with E-state index in [1.165, 1.54) is 17.0 Å². The molecule has 1 unspecified atom stereocenters. The molecule has 0 bridgehead atoms. The van der Waals surface area contributed by atoms with E-state index in [-0.39, 0.29) is 5.38 Å². The highest BCUT2D eigenvalue weighted by molar-refractivity contribution is 7.12. The molecule has 0 amide bonds. The molecule has 108 valence electrons. The Morgan fingerprint density at radius 3 is 2.20 bits per heavy atom. The Morgan fingerprint density at radius 1 is 1.15 bits per heavy atom. The molecule has 0 N–H and O–H groups in total. The summed E-state index contributed by atoms with van der Waals surface area (Å²) >= 11 is 8.01. The molecule has 5 heteroatoms. The minimum atomic E-state index is -4.29. The Hall–Kier alpha value is -1.00. The van der Waals surface area contributed by atoms with E-state index in [2.05, 4.69) is 6.07 Å². The van der Waals surface area contributed by atoms with Crippen molar-refractivity contribution in [1.29, 1.82) is 0 Å². The number of aryl methyl sites for hydroxylation is 2. The van der Waals surface area contributed by atoms with Gasteiger partial charge in [-0.25, -0.2) is 0 Å². The second-order valence-electron chi connectivity index (χ2n) is 4.77. The minimum absolute atomic E-state index is 0.203. The van der Waals surface area contributed by atoms with Crippen molar-refractivity contribution in [1.82, 2.24) is 0 Å². The van der Waals surface area contributed by atoms with Gasteiger partial charge in [-0.15, -0.1) is 22.9 Å². The van der Waals surface area contributed by atoms with Gasteiger partial charge in [-0.3, -0.25) is 0 Å². The number of thiophene rings is 1. The summed E-state index contributed by atoms with van der Waals surface area (Å²) in [5.74, 6) is 0. The lowest BCUT2D eigenvalue weighted by Crippen LogP contribution is -2.05. The van der Waals surface area contributed by atoms with Gasteiger partial charge in [0, 0.05) is 9.75 Å². The fraction of sp³-hybridized carbons (Fsp3) is 0.333. The molecule has 0 saturated carbocycles. The van der Waals surface area contributed by atoms with Gasteiger partial charge >= 0.3 is 6.18 Å². The van der Waals surface area contributed by atoms with Crippen LogP contribution in [0, 0.1) is 13.8 Å². The summed E-state index contributed by atoms with van der Waals surface area (Å²) < 4.78 is 37.4. The number of hydrogen-bond acceptors (Lipinski definition) is 1. The molecule has 2 rings (SSSR count). The Kier molecular flexibility index (Phi) is 4.45. The van der Waals surface area contributed by atoms with Crippen molar-refractivity contribution in [2.45, 2.75) is 31.8 Å². The zero-order chi connectivity index (χ0) is 14.9. The molecule has 1 heterocycles. The van der Waals surface area contributed by atoms with Gasteiger partial charge < -0.3 is 0 Å². The molecular formula is C15H14ClF3S. The van der Waals surface area contributed by atoms with Crippen molar-refractivity contribution in [2.24, 2.45) is 0 Å². The quantitative estimate of drug-likeness (QED) is 0.617. The predicted octanol–water partition coefficient (Wildman–Crippen LogP) is 5.91. The third-order valence-corrected chi connectivity index (χ3v) is 4.83. The monoisotopic (exact) mass is 318 g/mol. The summed E-state index contributed by atoms with van der Waals surface area (Å²) in [6.45, 7) is 4.02. The van der Waals surface area contributed by atoms with Crippen LogP contribution in [0.3, 0.4) is 0 Å². The number of benzene rings is 1. The van der Waals surface area contributed by atoms with Gasteiger partial charge in [0.1, 0.15) is 0 Å². The first-order chi connectivity index (χ1) is 9.27. The van der Waals surface area contributed by atoms with E-state index in [0.717, 1.165) is 28.1 Å². The Morgan fingerprint density at radius 2 is 1.75 bits per heavy atom. The van der Waals surface area contributed by atoms with Gasteiger partial charge in [0.05, 0.1) is 10.9 Å². The molecular weight excluding hydrogens is 305 g/mol. The smallest absolute Gasteiger partial charge is 0.166 e. The first-order valence-corrected chi connectivity index (χ1v) is 7.40. The van der Waals surface area contributed by atoms with Crippen LogP contribution in [-0.2, 0) is 12.6 Å². The molecule has 2 aromatic rings. The van der Waals surface area contributed by atoms with Crippen LogP contribution < -0.4 is 0 Å². The van der Waals surface area contributed by atoms with Crippen molar-refractivity contribution < 1.29 is 13.2 Å². The summed E-state index contributed by atoms with van der Waals surface area (Å²) in [5, 5.41) is -0.203. The van der Waals surface area contributed by atoms with E-state index in [1.54, 1.807) is 11.3 Å². The van der Waals surface area contributed by atoms with Gasteiger partial charge in [-0.1, -0.05) is 12.1 Å². The Labute approximate surface area is 125 Å². The van der Waals surface area contributed by atoms with Crippen LogP contribution in [0.25, 0.3) is 0 Å². The number of halogens is 4. The van der Waals surface area contributed by atoms with Crippen molar-refractivity contribution in [3.05, 3.63) is 56.8 Å². The first kappa shape index (κ1) is 15.4. The summed E-state index contributed by atoms with van der Waals surface area (Å²) in [7, 11) is 0. The van der Waals surface area contributed by atoms with Gasteiger partial charge in [0.25, 0.3) is 0 Å². The van der Waals surface area contributed by atoms with Crippen LogP contribution in [0.15, 0.2) is 30.3 Å². The topological polar surface area (TPSA) is 0 Å². The zero-order valence-corrected chi connectivity index (χ0v) is 12.7. The lowest BCUT2D eigenvalue weighted by Gasteiger charge is -2.11. The highest BCUT2D eigenvalue weighted by atomic mass is 35.5. The summed E-state index contributed by atoms with van der Waals surface area (Å²) in [6, 6.07) is 7.26. The average molecular weight is 319 g/mol. The second-order valence-corrected chi connectivity index (χ2v) is 6.59. The SMILES string of the molecule is Cc1cc(C)c(C(Cl)Cc2ccc(C(F)(F)F)cc2)s1. The van der Waals surface area contributed by atoms with Gasteiger partial charge in [0.15, 0.2) is 0 Å². The van der Waals surface area contributed by atoms with Crippen LogP contribution in [0.1, 0.15) is 31.8 Å². The maximum atomic E-state index is 12.5. The molecule has 0 saturated heterocycles. The molecule has 1 aromatic heterocycles. The van der Waals surface area contributed by atoms with Crippen molar-refractivity contribution in [2.75, 3.05) is 0 Å². The normalized spacial score (nSPS) is 13.5. The summed E-state index contributed by atoms with van der Waals surface area (Å²) in [4.78, 5) is 2.28. The molecule has 0 aliphatic carbocycles. The van der Waals surface area contributed by atoms with E-state index < -0.39 is 11.7 Å². The number of alkyl halides is 4. The van der Waals surface area contributed by atoms with Gasteiger partial charge in [-0.2, -0.15) is 13.2 Å². The number of rotatable bonds is 3. The van der Waals surface area contributed by atoms with Gasteiger partial charge in [-0.05, 0) is 49.6 Å². The van der Waals surface area contributed by atoms with E-state index in [4.69, 9.17) is 11.6 Å². The van der Waals surface area contributed by atoms with E-state index in [0.29, 0.717) is 6.42 Å². The van der Waals surface area contributed by atoms with E-state index in [1.807, 2.05) is 13.8 Å². The average Bonchev–Trinajstić information content (AvgIpc) is 2.68. The molecule has 0 nitrogen and oxygen atoms in total. The van der Waals surface area contributed by atoms with Crippen LogP contribution in [0.4, 0.5) is 13.2 Å². The largest absolute Gasteiger partial charge is 0.416 e. The van der Waals surface area contributed by atoms with E-state index in [9.17, 15) is 13.2 Å². The lowest BCUT2D eigenvalue weighted by molar-refractivity contribution is -0.137. The van der Waals surface area contributed by atoms with Crippen molar-refractivity contribution >= 4 is 22.9 Å². The molecule has 0 fully saturated rings. The predicted molar refractivity (Wildman–Crippen MR) is 77.5 cm³/mol. The maximum absolute atomic E-state index is 12.5. The first-order valence-electron chi connectivity index (χ1n) is 6.14. The molecule has 0 aliphatic heterocycles. The highest BCUT2D eigenvalue weighted by Crippen LogP contribution is 2.35. The fourth-order valence-electron chi connectivity index (χ4n) is 2.10.